The van der Waals surface area contributed by atoms with E-state index < -0.39 is 0 Å². The minimum absolute atomic E-state index is 0.267. The van der Waals surface area contributed by atoms with E-state index in [0.717, 1.165) is 36.5 Å². The molecule has 1 aromatic carbocycles. The summed E-state index contributed by atoms with van der Waals surface area (Å²) in [6.45, 7) is 4.84. The molecule has 4 aromatic rings. The van der Waals surface area contributed by atoms with E-state index in [2.05, 4.69) is 21.0 Å². The van der Waals surface area contributed by atoms with Gasteiger partial charge >= 0.3 is 0 Å². The Labute approximate surface area is 213 Å². The van der Waals surface area contributed by atoms with Gasteiger partial charge in [0.05, 0.1) is 55.3 Å². The molecule has 2 atom stereocenters. The van der Waals surface area contributed by atoms with Gasteiger partial charge in [-0.05, 0) is 37.1 Å². The molecule has 37 heavy (non-hydrogen) atoms. The van der Waals surface area contributed by atoms with Crippen molar-refractivity contribution in [3.8, 4) is 28.8 Å². The third-order valence-electron chi connectivity index (χ3n) is 7.18. The van der Waals surface area contributed by atoms with Crippen LogP contribution in [-0.2, 0) is 6.54 Å². The summed E-state index contributed by atoms with van der Waals surface area (Å²) in [4.78, 5) is 14.1. The van der Waals surface area contributed by atoms with Gasteiger partial charge in [0.2, 0.25) is 0 Å². The number of nitrogens with zero attached hydrogens (tertiary/aromatic N) is 7. The zero-order valence-corrected chi connectivity index (χ0v) is 20.6. The van der Waals surface area contributed by atoms with E-state index in [-0.39, 0.29) is 11.6 Å². The van der Waals surface area contributed by atoms with Crippen LogP contribution < -0.4 is 14.4 Å². The Hall–Kier alpha value is -4.23. The van der Waals surface area contributed by atoms with Gasteiger partial charge in [0.15, 0.2) is 11.6 Å². The third kappa shape index (κ3) is 4.11. The number of hydrogen-bond acceptors (Lipinski definition) is 8. The molecular weight excluding hydrogens is 473 g/mol. The van der Waals surface area contributed by atoms with Gasteiger partial charge in [-0.15, -0.1) is 0 Å². The van der Waals surface area contributed by atoms with Gasteiger partial charge in [0.1, 0.15) is 17.6 Å². The number of rotatable bonds is 7. The molecule has 0 N–H and O–H groups in total. The number of methoxy groups -OCH3 is 1. The lowest BCUT2D eigenvalue weighted by Crippen LogP contribution is -2.68. The van der Waals surface area contributed by atoms with Crippen LogP contribution in [0.4, 0.5) is 10.2 Å². The van der Waals surface area contributed by atoms with Crippen LogP contribution in [0.25, 0.3) is 16.8 Å². The van der Waals surface area contributed by atoms with Crippen LogP contribution in [0.1, 0.15) is 24.5 Å². The van der Waals surface area contributed by atoms with Crippen molar-refractivity contribution in [1.29, 1.82) is 5.26 Å². The second-order valence-corrected chi connectivity index (χ2v) is 9.34. The Morgan fingerprint density at radius 2 is 1.97 bits per heavy atom. The monoisotopic (exact) mass is 499 g/mol. The van der Waals surface area contributed by atoms with E-state index in [9.17, 15) is 9.65 Å². The molecule has 0 spiro atoms. The highest BCUT2D eigenvalue weighted by atomic mass is 19.1. The summed E-state index contributed by atoms with van der Waals surface area (Å²) in [5, 5.41) is 13.9. The number of aromatic nitrogens is 4. The normalized spacial score (nSPS) is 18.9. The van der Waals surface area contributed by atoms with Crippen LogP contribution in [0.3, 0.4) is 0 Å². The lowest BCUT2D eigenvalue weighted by atomic mass is 9.87. The van der Waals surface area contributed by atoms with E-state index in [1.54, 1.807) is 41.4 Å². The third-order valence-corrected chi connectivity index (χ3v) is 7.18. The fraction of sp³-hybridized carbons (Fsp3) is 0.333. The first-order valence-electron chi connectivity index (χ1n) is 12.3. The Morgan fingerprint density at radius 3 is 2.65 bits per heavy atom. The summed E-state index contributed by atoms with van der Waals surface area (Å²) in [6.07, 6.45) is 7.96. The summed E-state index contributed by atoms with van der Waals surface area (Å²) in [7, 11) is 1.47. The lowest BCUT2D eigenvalue weighted by Gasteiger charge is -2.56. The molecule has 7 rings (SSSR count). The molecule has 9 nitrogen and oxygen atoms in total. The molecule has 6 heterocycles. The minimum Gasteiger partial charge on any atom is -0.494 e. The number of ether oxygens (including phenoxy) is 2. The van der Waals surface area contributed by atoms with Gasteiger partial charge in [-0.1, -0.05) is 6.07 Å². The highest BCUT2D eigenvalue weighted by Gasteiger charge is 2.44. The fourth-order valence-electron chi connectivity index (χ4n) is 5.39. The number of fused-ring (bicyclic) bond motifs is 3. The summed E-state index contributed by atoms with van der Waals surface area (Å²) in [6, 6.07) is 10.0. The summed E-state index contributed by atoms with van der Waals surface area (Å²) in [5.74, 6) is 1.41. The zero-order valence-electron chi connectivity index (χ0n) is 20.6. The number of piperidine rings is 1. The van der Waals surface area contributed by atoms with Crippen LogP contribution in [0, 0.1) is 17.1 Å². The van der Waals surface area contributed by atoms with Crippen molar-refractivity contribution >= 4 is 11.3 Å². The second-order valence-electron chi connectivity index (χ2n) is 9.34. The zero-order chi connectivity index (χ0) is 25.5. The molecule has 188 valence electrons. The first kappa shape index (κ1) is 23.2. The van der Waals surface area contributed by atoms with Gasteiger partial charge < -0.3 is 14.4 Å². The second kappa shape index (κ2) is 9.33. The largest absolute Gasteiger partial charge is 0.494 e. The molecule has 0 radical (unpaired) electrons. The van der Waals surface area contributed by atoms with Crippen molar-refractivity contribution in [1.82, 2.24) is 24.5 Å². The molecule has 2 unspecified atom stereocenters. The van der Waals surface area contributed by atoms with Crippen molar-refractivity contribution in [2.45, 2.75) is 32.0 Å². The molecule has 3 saturated heterocycles. The van der Waals surface area contributed by atoms with Gasteiger partial charge in [0.25, 0.3) is 0 Å². The highest BCUT2D eigenvalue weighted by molar-refractivity contribution is 5.83. The molecule has 3 aliphatic heterocycles. The van der Waals surface area contributed by atoms with Crippen molar-refractivity contribution in [3.63, 3.8) is 0 Å². The SMILES string of the molecule is CCOc1cc(-c2cnc(N3CC4CC(C3)N4Cc3ccc(OC)c(F)c3)cn2)c2c(C#N)cnn2c1. The fourth-order valence-corrected chi connectivity index (χ4v) is 5.39. The standard InChI is InChI=1S/C27H26FN7O2/c1-3-37-21-8-22(27-18(9-29)10-32-35(27)16-21)24-11-31-26(12-30-24)33-14-19-7-20(15-33)34(19)13-17-4-5-25(36-2)23(28)6-17/h4-6,8,10-12,16,19-20H,3,7,13-15H2,1-2H3. The minimum atomic E-state index is -0.329. The Bertz CT molecular complexity index is 1490. The summed E-state index contributed by atoms with van der Waals surface area (Å²) >= 11 is 0. The Kier molecular flexibility index (Phi) is 5.85. The van der Waals surface area contributed by atoms with E-state index in [4.69, 9.17) is 19.4 Å². The highest BCUT2D eigenvalue weighted by Crippen LogP contribution is 2.36. The van der Waals surface area contributed by atoms with Crippen LogP contribution in [0.5, 0.6) is 11.5 Å². The van der Waals surface area contributed by atoms with E-state index >= 15 is 0 Å². The molecule has 10 heteroatoms. The molecule has 3 aliphatic rings. The summed E-state index contributed by atoms with van der Waals surface area (Å²) in [5.41, 5.74) is 3.49. The number of piperazine rings is 1. The predicted molar refractivity (Wildman–Crippen MR) is 135 cm³/mol. The lowest BCUT2D eigenvalue weighted by molar-refractivity contribution is -0.00877. The van der Waals surface area contributed by atoms with Crippen molar-refractivity contribution < 1.29 is 13.9 Å². The average molecular weight is 500 g/mol. The molecule has 0 amide bonds. The number of hydrogen-bond donors (Lipinski definition) is 0. The topological polar surface area (TPSA) is 91.8 Å². The first-order valence-corrected chi connectivity index (χ1v) is 12.3. The quantitative estimate of drug-likeness (QED) is 0.380. The van der Waals surface area contributed by atoms with Crippen molar-refractivity contribution in [2.75, 3.05) is 31.7 Å². The Morgan fingerprint density at radius 1 is 1.14 bits per heavy atom. The van der Waals surface area contributed by atoms with Crippen LogP contribution in [0.15, 0.2) is 49.1 Å². The van der Waals surface area contributed by atoms with Gasteiger partial charge in [-0.3, -0.25) is 9.88 Å². The maximum absolute atomic E-state index is 14.1. The van der Waals surface area contributed by atoms with Crippen LogP contribution >= 0.6 is 0 Å². The number of anilines is 1. The van der Waals surface area contributed by atoms with Crippen molar-refractivity contribution in [2.24, 2.45) is 0 Å². The Balaban J connectivity index is 1.19. The molecule has 0 saturated carbocycles. The van der Waals surface area contributed by atoms with E-state index in [1.165, 1.54) is 7.11 Å². The molecule has 0 aliphatic carbocycles. The molecule has 3 aromatic heterocycles. The van der Waals surface area contributed by atoms with Crippen LogP contribution in [0.2, 0.25) is 0 Å². The van der Waals surface area contributed by atoms with Crippen molar-refractivity contribution in [3.05, 3.63) is 66.0 Å². The maximum Gasteiger partial charge on any atom is 0.165 e. The molecular formula is C27H26FN7O2. The molecule has 2 bridgehead atoms. The van der Waals surface area contributed by atoms with E-state index in [1.807, 2.05) is 19.1 Å². The average Bonchev–Trinajstić information content (AvgIpc) is 3.35. The van der Waals surface area contributed by atoms with E-state index in [0.29, 0.717) is 47.8 Å². The van der Waals surface area contributed by atoms with Gasteiger partial charge in [0, 0.05) is 37.3 Å². The van der Waals surface area contributed by atoms with Gasteiger partial charge in [-0.25, -0.2) is 13.9 Å². The number of pyridine rings is 1. The summed E-state index contributed by atoms with van der Waals surface area (Å²) < 4.78 is 26.5. The number of nitriles is 1. The predicted octanol–water partition coefficient (Wildman–Crippen LogP) is 3.67. The number of halogens is 1. The molecule has 3 fully saturated rings. The smallest absolute Gasteiger partial charge is 0.165 e. The van der Waals surface area contributed by atoms with Crippen LogP contribution in [-0.4, -0.2) is 63.4 Å². The first-order chi connectivity index (χ1) is 18.1. The van der Waals surface area contributed by atoms with Gasteiger partial charge in [-0.2, -0.15) is 10.4 Å². The maximum atomic E-state index is 14.1. The number of benzene rings is 1.